The van der Waals surface area contributed by atoms with Gasteiger partial charge in [-0.05, 0) is 41.0 Å². The summed E-state index contributed by atoms with van der Waals surface area (Å²) in [6, 6.07) is 0. The Morgan fingerprint density at radius 2 is 1.91 bits per heavy atom. The third-order valence-corrected chi connectivity index (χ3v) is 4.02. The molecule has 0 unspecified atom stereocenters. The van der Waals surface area contributed by atoms with Crippen LogP contribution in [-0.2, 0) is 19.0 Å². The van der Waals surface area contributed by atoms with E-state index >= 15 is 0 Å². The highest BCUT2D eigenvalue weighted by Gasteiger charge is 2.43. The molecule has 22 heavy (non-hydrogen) atoms. The van der Waals surface area contributed by atoms with Gasteiger partial charge in [-0.3, -0.25) is 4.79 Å². The molecule has 0 amide bonds. The van der Waals surface area contributed by atoms with Crippen molar-refractivity contribution in [3.63, 3.8) is 0 Å². The minimum absolute atomic E-state index is 0.0560. The van der Waals surface area contributed by atoms with Crippen LogP contribution in [0.3, 0.4) is 0 Å². The molecule has 0 aromatic heterocycles. The van der Waals surface area contributed by atoms with Gasteiger partial charge in [0.05, 0.1) is 24.2 Å². The maximum atomic E-state index is 11.9. The lowest BCUT2D eigenvalue weighted by Gasteiger charge is -2.46. The molecule has 1 rings (SSSR count). The largest absolute Gasteiger partial charge is 0.465 e. The molecule has 1 heterocycles. The van der Waals surface area contributed by atoms with Crippen LogP contribution in [0.4, 0.5) is 0 Å². The summed E-state index contributed by atoms with van der Waals surface area (Å²) in [5.41, 5.74) is -0.499. The summed E-state index contributed by atoms with van der Waals surface area (Å²) in [4.78, 5) is 11.9. The zero-order valence-corrected chi connectivity index (χ0v) is 15.0. The molecule has 1 aliphatic rings. The fourth-order valence-corrected chi connectivity index (χ4v) is 2.75. The Morgan fingerprint density at radius 1 is 1.32 bits per heavy atom. The lowest BCUT2D eigenvalue weighted by atomic mass is 9.86. The third kappa shape index (κ3) is 5.21. The maximum Gasteiger partial charge on any atom is 0.311 e. The van der Waals surface area contributed by atoms with Crippen LogP contribution in [0.25, 0.3) is 0 Å². The van der Waals surface area contributed by atoms with Crippen molar-refractivity contribution in [1.29, 1.82) is 0 Å². The number of esters is 1. The fourth-order valence-electron chi connectivity index (χ4n) is 2.75. The van der Waals surface area contributed by atoms with Gasteiger partial charge in [-0.2, -0.15) is 0 Å². The van der Waals surface area contributed by atoms with Crippen LogP contribution in [-0.4, -0.2) is 42.3 Å². The summed E-state index contributed by atoms with van der Waals surface area (Å²) in [6.45, 7) is 13.8. The summed E-state index contributed by atoms with van der Waals surface area (Å²) < 4.78 is 17.4. The van der Waals surface area contributed by atoms with Gasteiger partial charge in [-0.15, -0.1) is 0 Å². The first-order chi connectivity index (χ1) is 9.98. The van der Waals surface area contributed by atoms with E-state index in [0.717, 1.165) is 0 Å². The van der Waals surface area contributed by atoms with E-state index in [1.165, 1.54) is 0 Å². The van der Waals surface area contributed by atoms with Crippen LogP contribution in [0.15, 0.2) is 0 Å². The highest BCUT2D eigenvalue weighted by Crippen LogP contribution is 2.36. The second-order valence-corrected chi connectivity index (χ2v) is 7.84. The number of aliphatic hydroxyl groups excluding tert-OH is 1. The Kier molecular flexibility index (Phi) is 6.42. The molecule has 0 aliphatic carbocycles. The van der Waals surface area contributed by atoms with Gasteiger partial charge in [0.1, 0.15) is 0 Å². The molecule has 0 saturated carbocycles. The Morgan fingerprint density at radius 3 is 2.41 bits per heavy atom. The second-order valence-electron chi connectivity index (χ2n) is 7.84. The van der Waals surface area contributed by atoms with Crippen molar-refractivity contribution in [1.82, 2.24) is 0 Å². The van der Waals surface area contributed by atoms with E-state index in [9.17, 15) is 9.90 Å². The molecule has 0 radical (unpaired) electrons. The fraction of sp³-hybridized carbons (Fsp3) is 0.941. The van der Waals surface area contributed by atoms with Crippen molar-refractivity contribution in [3.8, 4) is 0 Å². The maximum absolute atomic E-state index is 11.9. The van der Waals surface area contributed by atoms with E-state index in [2.05, 4.69) is 6.92 Å². The topological polar surface area (TPSA) is 65.0 Å². The van der Waals surface area contributed by atoms with Crippen LogP contribution < -0.4 is 0 Å². The molecule has 0 aromatic rings. The SMILES string of the molecule is C[C@@H]1[C@@H]([C@H](C)COC(=O)C(C)(C)C)OC(C)(C)O[C@@H]1CCO. The van der Waals surface area contributed by atoms with Crippen molar-refractivity contribution in [2.45, 2.75) is 72.9 Å². The summed E-state index contributed by atoms with van der Waals surface area (Å²) >= 11 is 0. The minimum Gasteiger partial charge on any atom is -0.465 e. The highest BCUT2D eigenvalue weighted by atomic mass is 16.7. The van der Waals surface area contributed by atoms with Gasteiger partial charge < -0.3 is 19.3 Å². The van der Waals surface area contributed by atoms with Gasteiger partial charge in [0.2, 0.25) is 0 Å². The number of rotatable bonds is 5. The molecule has 5 nitrogen and oxygen atoms in total. The first-order valence-corrected chi connectivity index (χ1v) is 8.11. The van der Waals surface area contributed by atoms with E-state index in [1.807, 2.05) is 41.5 Å². The zero-order valence-electron chi connectivity index (χ0n) is 15.0. The van der Waals surface area contributed by atoms with Gasteiger partial charge >= 0.3 is 5.97 Å². The monoisotopic (exact) mass is 316 g/mol. The van der Waals surface area contributed by atoms with Crippen LogP contribution >= 0.6 is 0 Å². The first kappa shape index (κ1) is 19.4. The van der Waals surface area contributed by atoms with Gasteiger partial charge in [-0.1, -0.05) is 13.8 Å². The van der Waals surface area contributed by atoms with Crippen molar-refractivity contribution < 1.29 is 24.1 Å². The van der Waals surface area contributed by atoms with E-state index in [1.54, 1.807) is 0 Å². The first-order valence-electron chi connectivity index (χ1n) is 8.11. The van der Waals surface area contributed by atoms with Crippen molar-refractivity contribution in [3.05, 3.63) is 0 Å². The summed E-state index contributed by atoms with van der Waals surface area (Å²) in [5.74, 6) is -0.710. The number of carbonyl (C=O) groups excluding carboxylic acids is 1. The van der Waals surface area contributed by atoms with Crippen molar-refractivity contribution in [2.75, 3.05) is 13.2 Å². The van der Waals surface area contributed by atoms with Crippen molar-refractivity contribution in [2.24, 2.45) is 17.3 Å². The highest BCUT2D eigenvalue weighted by molar-refractivity contribution is 5.75. The Bertz CT molecular complexity index is 372. The average Bonchev–Trinajstić information content (AvgIpc) is 2.38. The number of ether oxygens (including phenoxy) is 3. The van der Waals surface area contributed by atoms with Crippen molar-refractivity contribution >= 4 is 5.97 Å². The minimum atomic E-state index is -0.695. The molecule has 130 valence electrons. The molecular formula is C17H32O5. The van der Waals surface area contributed by atoms with Crippen LogP contribution in [0.2, 0.25) is 0 Å². The summed E-state index contributed by atoms with van der Waals surface area (Å²) in [6.07, 6.45) is 0.450. The molecule has 5 heteroatoms. The Hall–Kier alpha value is -0.650. The van der Waals surface area contributed by atoms with Gasteiger partial charge in [-0.25, -0.2) is 0 Å². The molecule has 4 atom stereocenters. The number of hydrogen-bond donors (Lipinski definition) is 1. The number of carbonyl (C=O) groups is 1. The second kappa shape index (κ2) is 7.28. The molecule has 0 bridgehead atoms. The quantitative estimate of drug-likeness (QED) is 0.790. The van der Waals surface area contributed by atoms with E-state index in [-0.39, 0.29) is 36.6 Å². The molecule has 1 saturated heterocycles. The standard InChI is InChI=1S/C17H32O5/c1-11(10-20-15(19)16(3,4)5)14-12(2)13(8-9-18)21-17(6,7)22-14/h11-14,18H,8-10H2,1-7H3/t11-,12+,13-,14-/m1/s1. The molecule has 1 N–H and O–H groups in total. The van der Waals surface area contributed by atoms with E-state index < -0.39 is 11.2 Å². The number of hydrogen-bond acceptors (Lipinski definition) is 5. The Balaban J connectivity index is 2.69. The molecule has 0 aromatic carbocycles. The molecule has 0 spiro atoms. The van der Waals surface area contributed by atoms with Gasteiger partial charge in [0.25, 0.3) is 0 Å². The Labute approximate surface area is 134 Å². The van der Waals surface area contributed by atoms with Crippen LogP contribution in [0.5, 0.6) is 0 Å². The summed E-state index contributed by atoms with van der Waals surface area (Å²) in [7, 11) is 0. The molecule has 1 fully saturated rings. The number of aliphatic hydroxyl groups is 1. The van der Waals surface area contributed by atoms with Gasteiger partial charge in [0, 0.05) is 18.4 Å². The predicted molar refractivity (Wildman–Crippen MR) is 84.3 cm³/mol. The van der Waals surface area contributed by atoms with E-state index in [0.29, 0.717) is 13.0 Å². The smallest absolute Gasteiger partial charge is 0.311 e. The van der Waals surface area contributed by atoms with E-state index in [4.69, 9.17) is 14.2 Å². The zero-order chi connectivity index (χ0) is 17.1. The lowest BCUT2D eigenvalue weighted by Crippen LogP contribution is -2.53. The molecular weight excluding hydrogens is 284 g/mol. The average molecular weight is 316 g/mol. The summed E-state index contributed by atoms with van der Waals surface area (Å²) in [5, 5.41) is 9.21. The van der Waals surface area contributed by atoms with Crippen LogP contribution in [0, 0.1) is 17.3 Å². The third-order valence-electron chi connectivity index (χ3n) is 4.02. The molecule has 1 aliphatic heterocycles. The predicted octanol–water partition coefficient (Wildman–Crippen LogP) is 2.75. The normalized spacial score (nSPS) is 29.9. The van der Waals surface area contributed by atoms with Gasteiger partial charge in [0.15, 0.2) is 5.79 Å². The lowest BCUT2D eigenvalue weighted by molar-refractivity contribution is -0.329. The van der Waals surface area contributed by atoms with Crippen LogP contribution in [0.1, 0.15) is 54.9 Å².